The molecule has 2 aromatic rings. The third-order valence-electron chi connectivity index (χ3n) is 1.55. The van der Waals surface area contributed by atoms with Crippen LogP contribution in [0.4, 0.5) is 11.8 Å². The summed E-state index contributed by atoms with van der Waals surface area (Å²) in [4.78, 5) is 11.7. The highest BCUT2D eigenvalue weighted by Gasteiger charge is 2.00. The van der Waals surface area contributed by atoms with Crippen LogP contribution in [0.1, 0.15) is 0 Å². The molecule has 4 N–H and O–H groups in total. The molecule has 0 aliphatic heterocycles. The third kappa shape index (κ3) is 0.914. The maximum atomic E-state index is 5.57. The summed E-state index contributed by atoms with van der Waals surface area (Å²) in [5.74, 6) is 0.587. The van der Waals surface area contributed by atoms with Crippen LogP contribution in [0.5, 0.6) is 0 Å². The number of aromatic nitrogens is 3. The molecule has 0 spiro atoms. The van der Waals surface area contributed by atoms with Gasteiger partial charge in [0.2, 0.25) is 5.95 Å². The summed E-state index contributed by atoms with van der Waals surface area (Å²) < 4.78 is 0. The molecule has 0 saturated heterocycles. The number of rotatable bonds is 0. The lowest BCUT2D eigenvalue weighted by molar-refractivity contribution is 1.22. The maximum Gasteiger partial charge on any atom is 0.220 e. The number of nitrogens with two attached hydrogens (primary N) is 2. The third-order valence-corrected chi connectivity index (χ3v) is 1.55. The van der Waals surface area contributed by atoms with E-state index in [1.807, 2.05) is 0 Å². The van der Waals surface area contributed by atoms with Gasteiger partial charge in [-0.05, 0) is 6.07 Å². The van der Waals surface area contributed by atoms with Crippen molar-refractivity contribution in [1.82, 2.24) is 15.0 Å². The Kier molecular flexibility index (Phi) is 1.30. The molecule has 2 rings (SSSR count). The summed E-state index contributed by atoms with van der Waals surface area (Å²) >= 11 is 0. The molecule has 60 valence electrons. The van der Waals surface area contributed by atoms with Crippen LogP contribution in [0.3, 0.4) is 0 Å². The fraction of sp³-hybridized carbons (Fsp3) is 0. The van der Waals surface area contributed by atoms with E-state index in [1.165, 1.54) is 0 Å². The van der Waals surface area contributed by atoms with Crippen LogP contribution >= 0.6 is 0 Å². The fourth-order valence-corrected chi connectivity index (χ4v) is 0.991. The lowest BCUT2D eigenvalue weighted by atomic mass is 10.3. The number of hydrogen-bond donors (Lipinski definition) is 2. The molecule has 2 heterocycles. The second-order valence-electron chi connectivity index (χ2n) is 2.36. The first-order valence-electron chi connectivity index (χ1n) is 3.40. The molecule has 0 saturated carbocycles. The Morgan fingerprint density at radius 2 is 2.00 bits per heavy atom. The summed E-state index contributed by atoms with van der Waals surface area (Å²) in [5.41, 5.74) is 11.6. The lowest BCUT2D eigenvalue weighted by Crippen LogP contribution is -1.98. The van der Waals surface area contributed by atoms with Crippen LogP contribution in [-0.2, 0) is 0 Å². The molecular formula is C7H7N5. The summed E-state index contributed by atoms with van der Waals surface area (Å²) in [5, 5.41) is 0.844. The topological polar surface area (TPSA) is 90.7 Å². The molecule has 0 atom stereocenters. The molecule has 0 aliphatic carbocycles. The van der Waals surface area contributed by atoms with Crippen LogP contribution < -0.4 is 11.5 Å². The van der Waals surface area contributed by atoms with Crippen LogP contribution in [0.25, 0.3) is 10.9 Å². The SMILES string of the molecule is Nc1ncc2ccnc(N)c2n1. The van der Waals surface area contributed by atoms with E-state index in [2.05, 4.69) is 15.0 Å². The Balaban J connectivity index is 2.88. The van der Waals surface area contributed by atoms with Crippen molar-refractivity contribution < 1.29 is 0 Å². The largest absolute Gasteiger partial charge is 0.382 e. The average Bonchev–Trinajstić information content (AvgIpc) is 2.07. The molecule has 0 aromatic carbocycles. The van der Waals surface area contributed by atoms with Gasteiger partial charge in [-0.15, -0.1) is 0 Å². The summed E-state index contributed by atoms with van der Waals surface area (Å²) in [6.45, 7) is 0. The van der Waals surface area contributed by atoms with Gasteiger partial charge in [-0.25, -0.2) is 15.0 Å². The molecule has 0 bridgehead atoms. The van der Waals surface area contributed by atoms with Gasteiger partial charge in [0.25, 0.3) is 0 Å². The number of anilines is 2. The van der Waals surface area contributed by atoms with Crippen LogP contribution in [0.2, 0.25) is 0 Å². The molecule has 5 heteroatoms. The van der Waals surface area contributed by atoms with Gasteiger partial charge < -0.3 is 11.5 Å². The van der Waals surface area contributed by atoms with Gasteiger partial charge in [0.15, 0.2) is 0 Å². The Morgan fingerprint density at radius 3 is 2.83 bits per heavy atom. The first kappa shape index (κ1) is 6.78. The summed E-state index contributed by atoms with van der Waals surface area (Å²) in [6.07, 6.45) is 3.23. The van der Waals surface area contributed by atoms with Crippen molar-refractivity contribution >= 4 is 22.7 Å². The Hall–Kier alpha value is -1.91. The first-order valence-corrected chi connectivity index (χ1v) is 3.40. The van der Waals surface area contributed by atoms with Gasteiger partial charge in [-0.2, -0.15) is 0 Å². The van der Waals surface area contributed by atoms with Gasteiger partial charge >= 0.3 is 0 Å². The monoisotopic (exact) mass is 161 g/mol. The number of nitrogens with zero attached hydrogens (tertiary/aromatic N) is 3. The zero-order chi connectivity index (χ0) is 8.55. The van der Waals surface area contributed by atoms with Crippen molar-refractivity contribution in [2.45, 2.75) is 0 Å². The van der Waals surface area contributed by atoms with Crippen molar-refractivity contribution in [3.8, 4) is 0 Å². The van der Waals surface area contributed by atoms with Crippen molar-refractivity contribution in [1.29, 1.82) is 0 Å². The zero-order valence-corrected chi connectivity index (χ0v) is 6.23. The predicted octanol–water partition coefficient (Wildman–Crippen LogP) is 0.189. The van der Waals surface area contributed by atoms with Gasteiger partial charge in [-0.1, -0.05) is 0 Å². The minimum absolute atomic E-state index is 0.210. The number of nitrogen functional groups attached to an aromatic ring is 2. The smallest absolute Gasteiger partial charge is 0.220 e. The highest BCUT2D eigenvalue weighted by atomic mass is 15.0. The Morgan fingerprint density at radius 1 is 1.17 bits per heavy atom. The Labute approximate surface area is 68.5 Å². The molecule has 0 fully saturated rings. The minimum atomic E-state index is 0.210. The summed E-state index contributed by atoms with van der Waals surface area (Å²) in [7, 11) is 0. The molecule has 0 amide bonds. The zero-order valence-electron chi connectivity index (χ0n) is 6.23. The predicted molar refractivity (Wildman–Crippen MR) is 46.2 cm³/mol. The normalized spacial score (nSPS) is 10.3. The second-order valence-corrected chi connectivity index (χ2v) is 2.36. The highest BCUT2D eigenvalue weighted by Crippen LogP contribution is 2.14. The van der Waals surface area contributed by atoms with E-state index in [0.717, 1.165) is 5.39 Å². The molecule has 2 aromatic heterocycles. The molecule has 12 heavy (non-hydrogen) atoms. The lowest BCUT2D eigenvalue weighted by Gasteiger charge is -1.98. The quantitative estimate of drug-likeness (QED) is 0.575. The molecule has 5 nitrogen and oxygen atoms in total. The van der Waals surface area contributed by atoms with Crippen LogP contribution in [0, 0.1) is 0 Å². The molecule has 0 unspecified atom stereocenters. The molecular weight excluding hydrogens is 154 g/mol. The fourth-order valence-electron chi connectivity index (χ4n) is 0.991. The van der Waals surface area contributed by atoms with Crippen molar-refractivity contribution in [3.63, 3.8) is 0 Å². The number of fused-ring (bicyclic) bond motifs is 1. The van der Waals surface area contributed by atoms with Gasteiger partial charge in [0.1, 0.15) is 11.3 Å². The maximum absolute atomic E-state index is 5.57. The highest BCUT2D eigenvalue weighted by molar-refractivity contribution is 5.86. The molecule has 0 aliphatic rings. The van der Waals surface area contributed by atoms with E-state index in [9.17, 15) is 0 Å². The van der Waals surface area contributed by atoms with Crippen molar-refractivity contribution in [2.24, 2.45) is 0 Å². The average molecular weight is 161 g/mol. The van der Waals surface area contributed by atoms with E-state index in [1.54, 1.807) is 18.5 Å². The van der Waals surface area contributed by atoms with Crippen molar-refractivity contribution in [2.75, 3.05) is 11.5 Å². The van der Waals surface area contributed by atoms with E-state index in [-0.39, 0.29) is 5.95 Å². The number of hydrogen-bond acceptors (Lipinski definition) is 5. The second kappa shape index (κ2) is 2.30. The van der Waals surface area contributed by atoms with E-state index in [0.29, 0.717) is 11.3 Å². The van der Waals surface area contributed by atoms with Gasteiger partial charge in [0.05, 0.1) is 0 Å². The Bertz CT molecular complexity index is 425. The van der Waals surface area contributed by atoms with Crippen LogP contribution in [-0.4, -0.2) is 15.0 Å². The van der Waals surface area contributed by atoms with E-state index < -0.39 is 0 Å². The number of pyridine rings is 1. The molecule has 0 radical (unpaired) electrons. The van der Waals surface area contributed by atoms with E-state index in [4.69, 9.17) is 11.5 Å². The minimum Gasteiger partial charge on any atom is -0.382 e. The van der Waals surface area contributed by atoms with Gasteiger partial charge in [-0.3, -0.25) is 0 Å². The van der Waals surface area contributed by atoms with E-state index >= 15 is 0 Å². The summed E-state index contributed by atoms with van der Waals surface area (Å²) in [6, 6.07) is 1.78. The van der Waals surface area contributed by atoms with Crippen LogP contribution in [0.15, 0.2) is 18.5 Å². The first-order chi connectivity index (χ1) is 5.77. The standard InChI is InChI=1S/C7H7N5/c8-6-5-4(1-2-10-6)3-11-7(9)12-5/h1-3H,(H2,8,10)(H2,9,11,12). The van der Waals surface area contributed by atoms with Crippen molar-refractivity contribution in [3.05, 3.63) is 18.5 Å². The van der Waals surface area contributed by atoms with Gasteiger partial charge in [0, 0.05) is 17.8 Å².